The summed E-state index contributed by atoms with van der Waals surface area (Å²) in [6.45, 7) is 1.19. The molecule has 0 aromatic carbocycles. The lowest BCUT2D eigenvalue weighted by molar-refractivity contribution is -0.385. The van der Waals surface area contributed by atoms with Crippen LogP contribution >= 0.6 is 11.6 Å². The largest absolute Gasteiger partial charge is 0.480 e. The van der Waals surface area contributed by atoms with Gasteiger partial charge in [0.15, 0.2) is 0 Å². The number of carbonyl (C=O) groups is 1. The number of aromatic nitrogens is 2. The van der Waals surface area contributed by atoms with Crippen molar-refractivity contribution in [1.82, 2.24) is 9.78 Å². The van der Waals surface area contributed by atoms with Crippen LogP contribution in [0.4, 0.5) is 5.69 Å². The van der Waals surface area contributed by atoms with Crippen LogP contribution in [-0.4, -0.2) is 25.8 Å². The number of nitro groups is 1. The van der Waals surface area contributed by atoms with Crippen LogP contribution in [0.25, 0.3) is 0 Å². The molecule has 1 heterocycles. The van der Waals surface area contributed by atoms with Crippen LogP contribution < -0.4 is 0 Å². The Hall–Kier alpha value is -1.63. The Morgan fingerprint density at radius 3 is 2.67 bits per heavy atom. The minimum atomic E-state index is -1.16. The molecule has 0 amide bonds. The number of aryl methyl sites for hydroxylation is 1. The van der Waals surface area contributed by atoms with Gasteiger partial charge in [0.2, 0.25) is 5.15 Å². The van der Waals surface area contributed by atoms with Gasteiger partial charge in [-0.2, -0.15) is 5.10 Å². The molecule has 0 saturated carbocycles. The summed E-state index contributed by atoms with van der Waals surface area (Å²) in [7, 11) is 0. The van der Waals surface area contributed by atoms with Gasteiger partial charge in [0.05, 0.1) is 4.92 Å². The molecule has 1 N–H and O–H groups in total. The first-order chi connectivity index (χ1) is 6.97. The predicted octanol–water partition coefficient (Wildman–Crippen LogP) is 1.09. The molecular weight excluding hydrogens is 226 g/mol. The van der Waals surface area contributed by atoms with E-state index >= 15 is 0 Å². The second kappa shape index (κ2) is 4.26. The van der Waals surface area contributed by atoms with Crippen LogP contribution in [-0.2, 0) is 17.8 Å². The molecule has 1 aromatic rings. The van der Waals surface area contributed by atoms with Crippen molar-refractivity contribution in [1.29, 1.82) is 0 Å². The third-order valence-electron chi connectivity index (χ3n) is 1.74. The van der Waals surface area contributed by atoms with Crippen LogP contribution in [0.5, 0.6) is 0 Å². The number of nitrogens with zero attached hydrogens (tertiary/aromatic N) is 3. The normalized spacial score (nSPS) is 10.3. The van der Waals surface area contributed by atoms with E-state index in [9.17, 15) is 14.9 Å². The average molecular weight is 234 g/mol. The molecule has 15 heavy (non-hydrogen) atoms. The summed E-state index contributed by atoms with van der Waals surface area (Å²) in [5.74, 6) is -1.16. The maximum absolute atomic E-state index is 10.6. The highest BCUT2D eigenvalue weighted by Gasteiger charge is 2.25. The summed E-state index contributed by atoms with van der Waals surface area (Å²) >= 11 is 5.64. The number of hydrogen-bond acceptors (Lipinski definition) is 4. The Bertz CT molecular complexity index is 415. The molecule has 0 saturated heterocycles. The van der Waals surface area contributed by atoms with Crippen molar-refractivity contribution in [2.45, 2.75) is 19.9 Å². The highest BCUT2D eigenvalue weighted by molar-refractivity contribution is 6.31. The zero-order chi connectivity index (χ0) is 11.6. The summed E-state index contributed by atoms with van der Waals surface area (Å²) in [6, 6.07) is 0. The van der Waals surface area contributed by atoms with E-state index in [0.717, 1.165) is 4.68 Å². The molecule has 1 aromatic heterocycles. The summed E-state index contributed by atoms with van der Waals surface area (Å²) in [6.07, 6.45) is 0.322. The number of carboxylic acid groups (broad SMARTS) is 1. The first-order valence-electron chi connectivity index (χ1n) is 4.08. The zero-order valence-electron chi connectivity index (χ0n) is 7.81. The molecule has 0 fully saturated rings. The van der Waals surface area contributed by atoms with Gasteiger partial charge in [0.25, 0.3) is 0 Å². The standard InChI is InChI=1S/C7H8ClN3O4/c1-2-4-6(11(14)15)7(8)10(9-4)3-5(12)13/h2-3H2,1H3,(H,12,13). The van der Waals surface area contributed by atoms with Crippen LogP contribution in [0, 0.1) is 10.1 Å². The van der Waals surface area contributed by atoms with Crippen molar-refractivity contribution in [3.8, 4) is 0 Å². The third-order valence-corrected chi connectivity index (χ3v) is 2.11. The highest BCUT2D eigenvalue weighted by atomic mass is 35.5. The van der Waals surface area contributed by atoms with E-state index in [1.165, 1.54) is 0 Å². The smallest absolute Gasteiger partial charge is 0.329 e. The van der Waals surface area contributed by atoms with E-state index in [0.29, 0.717) is 6.42 Å². The molecule has 0 unspecified atom stereocenters. The van der Waals surface area contributed by atoms with E-state index in [2.05, 4.69) is 5.10 Å². The fourth-order valence-electron chi connectivity index (χ4n) is 1.13. The Kier molecular flexibility index (Phi) is 3.25. The van der Waals surface area contributed by atoms with Crippen molar-refractivity contribution < 1.29 is 14.8 Å². The number of halogens is 1. The molecule has 0 aliphatic carbocycles. The minimum Gasteiger partial charge on any atom is -0.480 e. The van der Waals surface area contributed by atoms with Crippen molar-refractivity contribution >= 4 is 23.3 Å². The van der Waals surface area contributed by atoms with Crippen molar-refractivity contribution in [3.63, 3.8) is 0 Å². The molecule has 0 aliphatic heterocycles. The SMILES string of the molecule is CCc1nn(CC(=O)O)c(Cl)c1[N+](=O)[O-]. The van der Waals surface area contributed by atoms with E-state index in [1.807, 2.05) is 0 Å². The number of hydrogen-bond donors (Lipinski definition) is 1. The van der Waals surface area contributed by atoms with Gasteiger partial charge in [-0.1, -0.05) is 18.5 Å². The zero-order valence-corrected chi connectivity index (χ0v) is 8.56. The van der Waals surface area contributed by atoms with Gasteiger partial charge in [-0.05, 0) is 6.42 Å². The third kappa shape index (κ3) is 2.24. The number of aliphatic carboxylic acids is 1. The first kappa shape index (κ1) is 11.4. The minimum absolute atomic E-state index is 0.186. The highest BCUT2D eigenvalue weighted by Crippen LogP contribution is 2.28. The Morgan fingerprint density at radius 2 is 2.33 bits per heavy atom. The number of rotatable bonds is 4. The van der Waals surface area contributed by atoms with Crippen molar-refractivity contribution in [2.24, 2.45) is 0 Å². The topological polar surface area (TPSA) is 98.3 Å². The second-order valence-electron chi connectivity index (χ2n) is 2.75. The van der Waals surface area contributed by atoms with Crippen LogP contribution in [0.1, 0.15) is 12.6 Å². The van der Waals surface area contributed by atoms with Gasteiger partial charge < -0.3 is 5.11 Å². The molecule has 8 heteroatoms. The van der Waals surface area contributed by atoms with Crippen LogP contribution in [0.15, 0.2) is 0 Å². The Balaban J connectivity index is 3.21. The fourth-order valence-corrected chi connectivity index (χ4v) is 1.41. The second-order valence-corrected chi connectivity index (χ2v) is 3.11. The molecule has 0 atom stereocenters. The molecule has 0 bridgehead atoms. The summed E-state index contributed by atoms with van der Waals surface area (Å²) in [5.41, 5.74) is -0.133. The van der Waals surface area contributed by atoms with Crippen molar-refractivity contribution in [3.05, 3.63) is 21.0 Å². The quantitative estimate of drug-likeness (QED) is 0.620. The van der Waals surface area contributed by atoms with Crippen LogP contribution in [0.2, 0.25) is 5.15 Å². The summed E-state index contributed by atoms with van der Waals surface area (Å²) in [5, 5.41) is 22.6. The van der Waals surface area contributed by atoms with E-state index in [-0.39, 0.29) is 16.5 Å². The van der Waals surface area contributed by atoms with E-state index < -0.39 is 17.4 Å². The van der Waals surface area contributed by atoms with Gasteiger partial charge in [-0.3, -0.25) is 14.9 Å². The van der Waals surface area contributed by atoms with Gasteiger partial charge in [0, 0.05) is 0 Å². The maximum Gasteiger partial charge on any atom is 0.329 e. The molecule has 0 radical (unpaired) electrons. The van der Waals surface area contributed by atoms with Crippen molar-refractivity contribution in [2.75, 3.05) is 0 Å². The molecule has 0 spiro atoms. The molecular formula is C7H8ClN3O4. The monoisotopic (exact) mass is 233 g/mol. The molecule has 1 rings (SSSR count). The molecule has 82 valence electrons. The lowest BCUT2D eigenvalue weighted by Crippen LogP contribution is -2.10. The van der Waals surface area contributed by atoms with Gasteiger partial charge in [-0.15, -0.1) is 0 Å². The molecule has 7 nitrogen and oxygen atoms in total. The maximum atomic E-state index is 10.6. The van der Waals surface area contributed by atoms with Gasteiger partial charge in [0.1, 0.15) is 12.2 Å². The predicted molar refractivity (Wildman–Crippen MR) is 50.9 cm³/mol. The van der Waals surface area contributed by atoms with Gasteiger partial charge in [-0.25, -0.2) is 4.68 Å². The Morgan fingerprint density at radius 1 is 1.73 bits per heavy atom. The first-order valence-corrected chi connectivity index (χ1v) is 4.46. The lowest BCUT2D eigenvalue weighted by Gasteiger charge is -1.95. The average Bonchev–Trinajstić information content (AvgIpc) is 2.42. The molecule has 0 aliphatic rings. The summed E-state index contributed by atoms with van der Waals surface area (Å²) < 4.78 is 0.904. The Labute approximate surface area is 89.4 Å². The van der Waals surface area contributed by atoms with E-state index in [4.69, 9.17) is 16.7 Å². The van der Waals surface area contributed by atoms with Gasteiger partial charge >= 0.3 is 11.7 Å². The number of carboxylic acids is 1. The lowest BCUT2D eigenvalue weighted by atomic mass is 10.3. The van der Waals surface area contributed by atoms with Crippen LogP contribution in [0.3, 0.4) is 0 Å². The summed E-state index contributed by atoms with van der Waals surface area (Å²) in [4.78, 5) is 20.4. The van der Waals surface area contributed by atoms with E-state index in [1.54, 1.807) is 6.92 Å². The fraction of sp³-hybridized carbons (Fsp3) is 0.429.